The van der Waals surface area contributed by atoms with Crippen molar-refractivity contribution in [3.05, 3.63) is 0 Å². The number of hydrogen-bond acceptors (Lipinski definition) is 3. The van der Waals surface area contributed by atoms with Gasteiger partial charge in [-0.3, -0.25) is 4.79 Å². The molecule has 3 aliphatic rings. The maximum Gasteiger partial charge on any atom is 0.337 e. The summed E-state index contributed by atoms with van der Waals surface area (Å²) in [5.41, 5.74) is -1.42. The number of aliphatic carboxylic acids is 2. The van der Waals surface area contributed by atoms with E-state index in [-0.39, 0.29) is 6.10 Å². The molecule has 0 aromatic carbocycles. The van der Waals surface area contributed by atoms with E-state index >= 15 is 0 Å². The minimum Gasteiger partial charge on any atom is -0.481 e. The smallest absolute Gasteiger partial charge is 0.337 e. The van der Waals surface area contributed by atoms with E-state index in [1.54, 1.807) is 0 Å². The highest BCUT2D eigenvalue weighted by molar-refractivity contribution is 5.87. The molecular formula is C8H10O5. The molecule has 3 unspecified atom stereocenters. The van der Waals surface area contributed by atoms with Crippen LogP contribution in [0.4, 0.5) is 0 Å². The molecule has 3 atom stereocenters. The Hall–Kier alpha value is -1.10. The maximum absolute atomic E-state index is 10.8. The van der Waals surface area contributed by atoms with Gasteiger partial charge in [0.15, 0.2) is 5.60 Å². The van der Waals surface area contributed by atoms with Crippen LogP contribution in [0.15, 0.2) is 0 Å². The van der Waals surface area contributed by atoms with Crippen molar-refractivity contribution >= 4 is 11.9 Å². The summed E-state index contributed by atoms with van der Waals surface area (Å²) in [7, 11) is 0. The molecule has 2 aliphatic heterocycles. The number of carbonyl (C=O) groups is 2. The van der Waals surface area contributed by atoms with Crippen molar-refractivity contribution in [3.8, 4) is 0 Å². The average molecular weight is 186 g/mol. The Morgan fingerprint density at radius 2 is 1.92 bits per heavy atom. The van der Waals surface area contributed by atoms with Crippen LogP contribution < -0.4 is 0 Å². The molecular weight excluding hydrogens is 176 g/mol. The molecule has 0 spiro atoms. The molecule has 2 N–H and O–H groups in total. The Kier molecular flexibility index (Phi) is 1.60. The normalized spacial score (nSPS) is 42.2. The molecule has 5 nitrogen and oxygen atoms in total. The first-order valence-electron chi connectivity index (χ1n) is 4.20. The molecule has 0 radical (unpaired) electrons. The van der Waals surface area contributed by atoms with Crippen LogP contribution in [0.2, 0.25) is 0 Å². The Labute approximate surface area is 74.3 Å². The van der Waals surface area contributed by atoms with Gasteiger partial charge in [-0.2, -0.15) is 0 Å². The van der Waals surface area contributed by atoms with E-state index in [1.807, 2.05) is 0 Å². The number of ether oxygens (including phenoxy) is 1. The van der Waals surface area contributed by atoms with Crippen LogP contribution in [0.3, 0.4) is 0 Å². The predicted octanol–water partition coefficient (Wildman–Crippen LogP) is 0.0933. The van der Waals surface area contributed by atoms with Gasteiger partial charge in [-0.25, -0.2) is 4.79 Å². The van der Waals surface area contributed by atoms with Gasteiger partial charge in [-0.1, -0.05) is 0 Å². The van der Waals surface area contributed by atoms with E-state index in [1.165, 1.54) is 0 Å². The van der Waals surface area contributed by atoms with Crippen molar-refractivity contribution in [2.45, 2.75) is 31.0 Å². The van der Waals surface area contributed by atoms with Gasteiger partial charge in [0, 0.05) is 6.42 Å². The molecule has 5 heteroatoms. The van der Waals surface area contributed by atoms with Crippen LogP contribution in [-0.4, -0.2) is 33.9 Å². The van der Waals surface area contributed by atoms with Gasteiger partial charge in [0.1, 0.15) is 0 Å². The lowest BCUT2D eigenvalue weighted by atomic mass is 9.69. The van der Waals surface area contributed by atoms with Crippen LogP contribution in [0.25, 0.3) is 0 Å². The highest BCUT2D eigenvalue weighted by Crippen LogP contribution is 2.48. The summed E-state index contributed by atoms with van der Waals surface area (Å²) in [6, 6.07) is 0. The third kappa shape index (κ3) is 0.966. The van der Waals surface area contributed by atoms with Crippen molar-refractivity contribution < 1.29 is 24.5 Å². The quantitative estimate of drug-likeness (QED) is 0.638. The number of carboxylic acids is 2. The second-order valence-electron chi connectivity index (χ2n) is 3.61. The lowest BCUT2D eigenvalue weighted by molar-refractivity contribution is -0.264. The summed E-state index contributed by atoms with van der Waals surface area (Å²) >= 11 is 0. The highest BCUT2D eigenvalue weighted by Gasteiger charge is 2.62. The van der Waals surface area contributed by atoms with Gasteiger partial charge < -0.3 is 14.9 Å². The number of fused-ring (bicyclic) bond motifs is 2. The fraction of sp³-hybridized carbons (Fsp3) is 0.750. The van der Waals surface area contributed by atoms with E-state index < -0.39 is 23.5 Å². The third-order valence-electron chi connectivity index (χ3n) is 2.91. The van der Waals surface area contributed by atoms with Gasteiger partial charge >= 0.3 is 11.9 Å². The summed E-state index contributed by atoms with van der Waals surface area (Å²) < 4.78 is 5.12. The molecule has 2 heterocycles. The first kappa shape index (κ1) is 8.50. The van der Waals surface area contributed by atoms with Crippen LogP contribution in [0, 0.1) is 5.92 Å². The summed E-state index contributed by atoms with van der Waals surface area (Å²) in [5, 5.41) is 17.7. The van der Waals surface area contributed by atoms with E-state index in [9.17, 15) is 9.59 Å². The monoisotopic (exact) mass is 186 g/mol. The number of hydrogen-bond donors (Lipinski definition) is 2. The van der Waals surface area contributed by atoms with Gasteiger partial charge in [0.25, 0.3) is 0 Å². The standard InChI is InChI=1S/C8H10O5/c9-6(10)5-2-1-4-3-8(5,13-4)7(11)12/h4-5H,1-3H2,(H,9,10)(H,11,12). The van der Waals surface area contributed by atoms with Crippen LogP contribution in [0.5, 0.6) is 0 Å². The lowest BCUT2D eigenvalue weighted by Crippen LogP contribution is -2.65. The maximum atomic E-state index is 10.8. The van der Waals surface area contributed by atoms with Crippen molar-refractivity contribution in [2.75, 3.05) is 0 Å². The number of rotatable bonds is 2. The van der Waals surface area contributed by atoms with Crippen molar-refractivity contribution in [3.63, 3.8) is 0 Å². The summed E-state index contributed by atoms with van der Waals surface area (Å²) in [5.74, 6) is -3.09. The van der Waals surface area contributed by atoms with Gasteiger partial charge in [-0.05, 0) is 12.8 Å². The summed E-state index contributed by atoms with van der Waals surface area (Å²) in [6.45, 7) is 0. The van der Waals surface area contributed by atoms with Crippen molar-refractivity contribution in [2.24, 2.45) is 5.92 Å². The van der Waals surface area contributed by atoms with Gasteiger partial charge in [-0.15, -0.1) is 0 Å². The fourth-order valence-corrected chi connectivity index (χ4v) is 2.21. The molecule has 1 aliphatic carbocycles. The zero-order valence-electron chi connectivity index (χ0n) is 6.90. The lowest BCUT2D eigenvalue weighted by Gasteiger charge is -2.52. The molecule has 3 fully saturated rings. The van der Waals surface area contributed by atoms with Crippen molar-refractivity contribution in [1.29, 1.82) is 0 Å². The summed E-state index contributed by atoms with van der Waals surface area (Å²) in [4.78, 5) is 21.6. The fourth-order valence-electron chi connectivity index (χ4n) is 2.21. The molecule has 2 bridgehead atoms. The second kappa shape index (κ2) is 2.45. The van der Waals surface area contributed by atoms with Crippen LogP contribution in [0.1, 0.15) is 19.3 Å². The van der Waals surface area contributed by atoms with E-state index in [2.05, 4.69) is 0 Å². The molecule has 0 aromatic heterocycles. The molecule has 0 aromatic rings. The Bertz CT molecular complexity index is 266. The largest absolute Gasteiger partial charge is 0.481 e. The molecule has 72 valence electrons. The molecule has 1 saturated carbocycles. The minimum atomic E-state index is -1.42. The summed E-state index contributed by atoms with van der Waals surface area (Å²) in [6.07, 6.45) is 1.38. The molecule has 2 saturated heterocycles. The second-order valence-corrected chi connectivity index (χ2v) is 3.61. The number of carboxylic acid groups (broad SMARTS) is 2. The Morgan fingerprint density at radius 3 is 2.31 bits per heavy atom. The zero-order chi connectivity index (χ0) is 9.64. The highest BCUT2D eigenvalue weighted by atomic mass is 16.6. The SMILES string of the molecule is O=C(O)C1CCC2CC1(C(=O)O)O2. The van der Waals surface area contributed by atoms with E-state index in [0.29, 0.717) is 19.3 Å². The van der Waals surface area contributed by atoms with Gasteiger partial charge in [0.05, 0.1) is 12.0 Å². The third-order valence-corrected chi connectivity index (χ3v) is 2.91. The topological polar surface area (TPSA) is 83.8 Å². The molecule has 3 rings (SSSR count). The predicted molar refractivity (Wildman–Crippen MR) is 40.2 cm³/mol. The minimum absolute atomic E-state index is 0.0355. The van der Waals surface area contributed by atoms with E-state index in [4.69, 9.17) is 14.9 Å². The average Bonchev–Trinajstić information content (AvgIpc) is 2.01. The Balaban J connectivity index is 2.25. The molecule has 0 amide bonds. The Morgan fingerprint density at radius 1 is 1.31 bits per heavy atom. The van der Waals surface area contributed by atoms with Crippen molar-refractivity contribution in [1.82, 2.24) is 0 Å². The van der Waals surface area contributed by atoms with Crippen LogP contribution in [-0.2, 0) is 14.3 Å². The van der Waals surface area contributed by atoms with Gasteiger partial charge in [0.2, 0.25) is 0 Å². The molecule has 13 heavy (non-hydrogen) atoms. The van der Waals surface area contributed by atoms with E-state index in [0.717, 1.165) is 0 Å². The first-order valence-corrected chi connectivity index (χ1v) is 4.20. The zero-order valence-corrected chi connectivity index (χ0v) is 6.90. The van der Waals surface area contributed by atoms with Crippen LogP contribution >= 0.6 is 0 Å². The first-order chi connectivity index (χ1) is 6.06.